The van der Waals surface area contributed by atoms with Crippen LogP contribution in [-0.4, -0.2) is 21.5 Å². The third-order valence-electron chi connectivity index (χ3n) is 3.48. The summed E-state index contributed by atoms with van der Waals surface area (Å²) < 4.78 is 25.7. The molecule has 0 bridgehead atoms. The fourth-order valence-corrected chi connectivity index (χ4v) is 3.79. The van der Waals surface area contributed by atoms with E-state index in [0.29, 0.717) is 22.9 Å². The molecule has 0 atom stereocenters. The van der Waals surface area contributed by atoms with Crippen LogP contribution in [0.4, 0.5) is 0 Å². The van der Waals surface area contributed by atoms with Gasteiger partial charge < -0.3 is 11.5 Å². The average Bonchev–Trinajstić information content (AvgIpc) is 2.69. The molecule has 0 amide bonds. The molecule has 130 valence electrons. The highest BCUT2D eigenvalue weighted by Gasteiger charge is 2.21. The summed E-state index contributed by atoms with van der Waals surface area (Å²) in [4.78, 5) is 0.649. The quantitative estimate of drug-likeness (QED) is 0.754. The van der Waals surface area contributed by atoms with Gasteiger partial charge >= 0.3 is 0 Å². The van der Waals surface area contributed by atoms with E-state index in [4.69, 9.17) is 11.5 Å². The van der Waals surface area contributed by atoms with Gasteiger partial charge in [0.2, 0.25) is 9.84 Å². The average molecular weight is 354 g/mol. The van der Waals surface area contributed by atoms with Gasteiger partial charge in [0.25, 0.3) is 0 Å². The fourth-order valence-electron chi connectivity index (χ4n) is 2.28. The van der Waals surface area contributed by atoms with Crippen molar-refractivity contribution < 1.29 is 8.42 Å². The summed E-state index contributed by atoms with van der Waals surface area (Å²) in [6.07, 6.45) is 0. The molecule has 0 saturated heterocycles. The van der Waals surface area contributed by atoms with Gasteiger partial charge in [0.05, 0.1) is 9.79 Å². The standard InChI is InChI=1S/C18H14O2S.C2H8N2/c19-21(20,16-11-5-2-6-12-16)18-14-8-7-13-17(18)15-9-3-1-4-10-15;3-1-2-4/h1-14H;1-4H2. The maximum absolute atomic E-state index is 12.8. The van der Waals surface area contributed by atoms with Crippen molar-refractivity contribution in [1.82, 2.24) is 0 Å². The van der Waals surface area contributed by atoms with E-state index in [1.54, 1.807) is 36.4 Å². The van der Waals surface area contributed by atoms with Crippen LogP contribution in [0, 0.1) is 0 Å². The second kappa shape index (κ2) is 9.13. The number of hydrogen-bond donors (Lipinski definition) is 2. The Morgan fingerprint density at radius 1 is 0.640 bits per heavy atom. The van der Waals surface area contributed by atoms with Gasteiger partial charge in [-0.3, -0.25) is 0 Å². The summed E-state index contributed by atoms with van der Waals surface area (Å²) in [5.74, 6) is 0. The molecule has 25 heavy (non-hydrogen) atoms. The van der Waals surface area contributed by atoms with E-state index in [1.807, 2.05) is 48.5 Å². The van der Waals surface area contributed by atoms with E-state index in [-0.39, 0.29) is 0 Å². The highest BCUT2D eigenvalue weighted by atomic mass is 32.2. The summed E-state index contributed by atoms with van der Waals surface area (Å²) in [5, 5.41) is 0. The van der Waals surface area contributed by atoms with Gasteiger partial charge in [0.1, 0.15) is 0 Å². The Balaban J connectivity index is 0.000000511. The molecule has 0 heterocycles. The molecule has 3 aromatic carbocycles. The van der Waals surface area contributed by atoms with Crippen LogP contribution in [0.15, 0.2) is 94.7 Å². The first-order valence-corrected chi connectivity index (χ1v) is 9.44. The molecule has 0 aliphatic carbocycles. The van der Waals surface area contributed by atoms with Crippen LogP contribution in [-0.2, 0) is 9.84 Å². The number of benzene rings is 3. The first-order valence-electron chi connectivity index (χ1n) is 7.96. The molecule has 0 unspecified atom stereocenters. The number of hydrogen-bond acceptors (Lipinski definition) is 4. The van der Waals surface area contributed by atoms with Crippen LogP contribution in [0.5, 0.6) is 0 Å². The minimum Gasteiger partial charge on any atom is -0.329 e. The molecule has 0 spiro atoms. The molecular weight excluding hydrogens is 332 g/mol. The molecule has 0 aromatic heterocycles. The zero-order chi connectivity index (χ0) is 18.1. The largest absolute Gasteiger partial charge is 0.329 e. The van der Waals surface area contributed by atoms with Gasteiger partial charge in [-0.15, -0.1) is 0 Å². The molecular formula is C20H22N2O2S. The van der Waals surface area contributed by atoms with Crippen molar-refractivity contribution in [2.75, 3.05) is 13.1 Å². The van der Waals surface area contributed by atoms with E-state index in [9.17, 15) is 8.42 Å². The van der Waals surface area contributed by atoms with Crippen molar-refractivity contribution in [3.05, 3.63) is 84.9 Å². The third-order valence-corrected chi connectivity index (χ3v) is 5.31. The van der Waals surface area contributed by atoms with Crippen LogP contribution in [0.25, 0.3) is 11.1 Å². The zero-order valence-electron chi connectivity index (χ0n) is 13.9. The first kappa shape index (κ1) is 18.9. The lowest BCUT2D eigenvalue weighted by molar-refractivity contribution is 0.596. The van der Waals surface area contributed by atoms with Crippen molar-refractivity contribution in [1.29, 1.82) is 0 Å². The van der Waals surface area contributed by atoms with Gasteiger partial charge in [0.15, 0.2) is 0 Å². The van der Waals surface area contributed by atoms with Crippen LogP contribution in [0.2, 0.25) is 0 Å². The van der Waals surface area contributed by atoms with E-state index >= 15 is 0 Å². The van der Waals surface area contributed by atoms with Gasteiger partial charge in [-0.05, 0) is 23.8 Å². The van der Waals surface area contributed by atoms with Crippen LogP contribution >= 0.6 is 0 Å². The maximum Gasteiger partial charge on any atom is 0.207 e. The van der Waals surface area contributed by atoms with Crippen molar-refractivity contribution in [2.45, 2.75) is 9.79 Å². The summed E-state index contributed by atoms with van der Waals surface area (Å²) >= 11 is 0. The Hall–Kier alpha value is -2.47. The van der Waals surface area contributed by atoms with Crippen LogP contribution in [0.1, 0.15) is 0 Å². The lowest BCUT2D eigenvalue weighted by Crippen LogP contribution is -2.11. The second-order valence-electron chi connectivity index (χ2n) is 5.26. The highest BCUT2D eigenvalue weighted by Crippen LogP contribution is 2.30. The summed E-state index contributed by atoms with van der Waals surface area (Å²) in [5.41, 5.74) is 11.4. The molecule has 4 N–H and O–H groups in total. The molecule has 4 nitrogen and oxygen atoms in total. The van der Waals surface area contributed by atoms with Gasteiger partial charge in [-0.2, -0.15) is 0 Å². The summed E-state index contributed by atoms with van der Waals surface area (Å²) in [6.45, 7) is 1.19. The lowest BCUT2D eigenvalue weighted by atomic mass is 10.1. The summed E-state index contributed by atoms with van der Waals surface area (Å²) in [7, 11) is -3.52. The SMILES string of the molecule is NCCN.O=S(=O)(c1ccccc1)c1ccccc1-c1ccccc1. The van der Waals surface area contributed by atoms with E-state index < -0.39 is 9.84 Å². The predicted molar refractivity (Wildman–Crippen MR) is 102 cm³/mol. The Bertz CT molecular complexity index is 878. The summed E-state index contributed by atoms with van der Waals surface area (Å²) in [6, 6.07) is 25.2. The number of nitrogens with two attached hydrogens (primary N) is 2. The van der Waals surface area contributed by atoms with Crippen molar-refractivity contribution in [2.24, 2.45) is 11.5 Å². The Kier molecular flexibility index (Phi) is 6.89. The topological polar surface area (TPSA) is 86.2 Å². The molecule has 3 rings (SSSR count). The Morgan fingerprint density at radius 3 is 1.68 bits per heavy atom. The first-order chi connectivity index (χ1) is 12.1. The zero-order valence-corrected chi connectivity index (χ0v) is 14.7. The van der Waals surface area contributed by atoms with Crippen molar-refractivity contribution >= 4 is 9.84 Å². The monoisotopic (exact) mass is 354 g/mol. The molecule has 0 fully saturated rings. The van der Waals surface area contributed by atoms with Gasteiger partial charge in [-0.25, -0.2) is 8.42 Å². The maximum atomic E-state index is 12.8. The molecule has 0 aliphatic rings. The molecule has 3 aromatic rings. The number of rotatable bonds is 4. The minimum atomic E-state index is -3.52. The highest BCUT2D eigenvalue weighted by molar-refractivity contribution is 7.91. The van der Waals surface area contributed by atoms with Crippen LogP contribution in [0.3, 0.4) is 0 Å². The second-order valence-corrected chi connectivity index (χ2v) is 7.17. The van der Waals surface area contributed by atoms with Gasteiger partial charge in [-0.1, -0.05) is 66.7 Å². The van der Waals surface area contributed by atoms with E-state index in [1.165, 1.54) is 0 Å². The molecule has 0 aliphatic heterocycles. The van der Waals surface area contributed by atoms with E-state index in [2.05, 4.69) is 0 Å². The smallest absolute Gasteiger partial charge is 0.207 e. The molecule has 0 radical (unpaired) electrons. The number of sulfone groups is 1. The molecule has 0 saturated carbocycles. The van der Waals surface area contributed by atoms with Crippen molar-refractivity contribution in [3.63, 3.8) is 0 Å². The van der Waals surface area contributed by atoms with E-state index in [0.717, 1.165) is 11.1 Å². The minimum absolute atomic E-state index is 0.313. The molecule has 5 heteroatoms. The lowest BCUT2D eigenvalue weighted by Gasteiger charge is -2.10. The van der Waals surface area contributed by atoms with Crippen molar-refractivity contribution in [3.8, 4) is 11.1 Å². The Labute approximate surface area is 149 Å². The fraction of sp³-hybridized carbons (Fsp3) is 0.100. The van der Waals surface area contributed by atoms with Crippen LogP contribution < -0.4 is 11.5 Å². The Morgan fingerprint density at radius 2 is 1.12 bits per heavy atom. The third kappa shape index (κ3) is 4.76. The predicted octanol–water partition coefficient (Wildman–Crippen LogP) is 3.09. The van der Waals surface area contributed by atoms with Gasteiger partial charge in [0, 0.05) is 18.7 Å². The normalized spacial score (nSPS) is 10.6.